The first-order chi connectivity index (χ1) is 14.4. The molecule has 3 rings (SSSR count). The first-order valence-electron chi connectivity index (χ1n) is 10.4. The third kappa shape index (κ3) is 6.11. The van der Waals surface area contributed by atoms with Gasteiger partial charge in [-0.25, -0.2) is 0 Å². The summed E-state index contributed by atoms with van der Waals surface area (Å²) in [7, 11) is 0. The normalized spacial score (nSPS) is 13.4. The number of H-pyrrole nitrogens is 1. The van der Waals surface area contributed by atoms with Gasteiger partial charge in [-0.15, -0.1) is 0 Å². The largest absolute Gasteiger partial charge is 0.504 e. The number of benzene rings is 1. The van der Waals surface area contributed by atoms with Gasteiger partial charge in [0.25, 0.3) is 0 Å². The summed E-state index contributed by atoms with van der Waals surface area (Å²) in [5.74, 6) is 0.354. The molecule has 2 heterocycles. The van der Waals surface area contributed by atoms with Crippen LogP contribution in [0, 0.1) is 0 Å². The number of hydrogen-bond donors (Lipinski definition) is 4. The minimum absolute atomic E-state index is 0.0446. The Hall–Kier alpha value is -2.77. The van der Waals surface area contributed by atoms with Crippen molar-refractivity contribution in [3.05, 3.63) is 48.4 Å². The molecule has 2 atom stereocenters. The zero-order valence-electron chi connectivity index (χ0n) is 17.3. The minimum atomic E-state index is -0.815. The first-order valence-corrected chi connectivity index (χ1v) is 10.4. The molecule has 0 aliphatic rings. The average molecular weight is 415 g/mol. The molecule has 0 unspecified atom stereocenters. The summed E-state index contributed by atoms with van der Waals surface area (Å²) in [5.41, 5.74) is 1.88. The molecule has 0 amide bonds. The molecule has 0 spiro atoms. The van der Waals surface area contributed by atoms with Gasteiger partial charge in [0.15, 0.2) is 18.2 Å². The van der Waals surface area contributed by atoms with Gasteiger partial charge in [0, 0.05) is 36.8 Å². The van der Waals surface area contributed by atoms with Crippen molar-refractivity contribution in [3.8, 4) is 11.5 Å². The molecule has 0 aliphatic carbocycles. The van der Waals surface area contributed by atoms with Crippen LogP contribution in [0.2, 0.25) is 0 Å². The van der Waals surface area contributed by atoms with Crippen LogP contribution in [0.15, 0.2) is 42.9 Å². The molecule has 0 radical (unpaired) electrons. The quantitative estimate of drug-likeness (QED) is 0.363. The molecule has 0 fully saturated rings. The number of ether oxygens (including phenoxy) is 1. The third-order valence-electron chi connectivity index (χ3n) is 5.13. The zero-order chi connectivity index (χ0) is 21.5. The number of aryl methyl sites for hydroxylation is 1. The fourth-order valence-electron chi connectivity index (χ4n) is 3.55. The zero-order valence-corrected chi connectivity index (χ0v) is 17.3. The average Bonchev–Trinajstić information content (AvgIpc) is 3.28. The smallest absolute Gasteiger partial charge is 0.165 e. The number of rotatable bonds is 12. The number of carbonyl (C=O) groups excluding carboxylic acids is 1. The molecule has 2 aromatic heterocycles. The number of nitrogens with one attached hydrogen (secondary N) is 1. The molecule has 0 aliphatic heterocycles. The van der Waals surface area contributed by atoms with Crippen LogP contribution in [0.25, 0.3) is 10.9 Å². The molecular weight excluding hydrogens is 384 g/mol. The molecule has 4 N–H and O–H groups in total. The highest BCUT2D eigenvalue weighted by Crippen LogP contribution is 2.28. The van der Waals surface area contributed by atoms with Gasteiger partial charge in [-0.2, -0.15) is 0 Å². The van der Waals surface area contributed by atoms with E-state index in [-0.39, 0.29) is 37.5 Å². The Balaban J connectivity index is 1.49. The Morgan fingerprint density at radius 2 is 2.03 bits per heavy atom. The third-order valence-corrected chi connectivity index (χ3v) is 5.13. The van der Waals surface area contributed by atoms with Gasteiger partial charge in [0.2, 0.25) is 0 Å². The van der Waals surface area contributed by atoms with E-state index in [9.17, 15) is 20.1 Å². The number of aliphatic hydroxyl groups excluding tert-OH is 2. The maximum absolute atomic E-state index is 12.2. The van der Waals surface area contributed by atoms with Gasteiger partial charge >= 0.3 is 0 Å². The van der Waals surface area contributed by atoms with E-state index in [1.807, 2.05) is 36.1 Å². The Kier molecular flexibility index (Phi) is 7.54. The van der Waals surface area contributed by atoms with Crippen LogP contribution in [0.5, 0.6) is 11.5 Å². The lowest BCUT2D eigenvalue weighted by Gasteiger charge is -2.14. The molecule has 7 heteroatoms. The Labute approximate surface area is 175 Å². The number of aromatic amines is 1. The summed E-state index contributed by atoms with van der Waals surface area (Å²) < 4.78 is 7.63. The molecule has 3 aromatic rings. The van der Waals surface area contributed by atoms with Crippen molar-refractivity contribution in [1.82, 2.24) is 9.55 Å². The van der Waals surface area contributed by atoms with Crippen molar-refractivity contribution in [2.24, 2.45) is 0 Å². The van der Waals surface area contributed by atoms with Crippen molar-refractivity contribution in [1.29, 1.82) is 0 Å². The molecule has 7 nitrogen and oxygen atoms in total. The number of phenolic OH excluding ortho intramolecular Hbond substituents is 1. The highest BCUT2D eigenvalue weighted by Gasteiger charge is 2.15. The topological polar surface area (TPSA) is 108 Å². The van der Waals surface area contributed by atoms with E-state index in [0.717, 1.165) is 22.9 Å². The van der Waals surface area contributed by atoms with Crippen LogP contribution in [0.3, 0.4) is 0 Å². The molecule has 1 aromatic carbocycles. The van der Waals surface area contributed by atoms with E-state index >= 15 is 0 Å². The number of nitrogens with zero attached hydrogens (tertiary/aromatic N) is 1. The first kappa shape index (κ1) is 21.9. The predicted molar refractivity (Wildman–Crippen MR) is 115 cm³/mol. The number of Topliss-reactive ketones (excluding diaryl/α,β-unsaturated/α-hetero) is 1. The molecule has 0 saturated carbocycles. The highest BCUT2D eigenvalue weighted by atomic mass is 16.5. The molecule has 0 bridgehead atoms. The standard InChI is InChI=1S/C23H30N2O5/c1-2-3-18(26)11-20(28)12-19(27)6-4-16-5-7-22(29)23(10-16)30-15-25-13-17-8-9-24-21(17)14-25/h5,7-10,13-14,18,20,24,26,28-29H,2-4,6,11-12,15H2,1H3/t18-,20+/m0/s1. The van der Waals surface area contributed by atoms with E-state index in [0.29, 0.717) is 18.6 Å². The molecular formula is C23H30N2O5. The number of hydrogen-bond acceptors (Lipinski definition) is 5. The molecule has 0 saturated heterocycles. The Morgan fingerprint density at radius 1 is 1.20 bits per heavy atom. The summed E-state index contributed by atoms with van der Waals surface area (Å²) in [4.78, 5) is 15.3. The lowest BCUT2D eigenvalue weighted by atomic mass is 10.00. The summed E-state index contributed by atoms with van der Waals surface area (Å²) in [5, 5.41) is 30.9. The Bertz CT molecular complexity index is 933. The SMILES string of the molecule is CCC[C@H](O)C[C@@H](O)CC(=O)CCc1ccc(O)c(OCn2cc3cc[nH]c3c2)c1. The number of aromatic hydroxyl groups is 1. The lowest BCUT2D eigenvalue weighted by Crippen LogP contribution is -2.20. The van der Waals surface area contributed by atoms with Crippen LogP contribution in [-0.4, -0.2) is 42.9 Å². The van der Waals surface area contributed by atoms with E-state index in [1.54, 1.807) is 18.2 Å². The van der Waals surface area contributed by atoms with Gasteiger partial charge < -0.3 is 29.6 Å². The monoisotopic (exact) mass is 414 g/mol. The van der Waals surface area contributed by atoms with E-state index < -0.39 is 12.2 Å². The summed E-state index contributed by atoms with van der Waals surface area (Å²) >= 11 is 0. The van der Waals surface area contributed by atoms with Gasteiger partial charge in [0.1, 0.15) is 5.78 Å². The number of fused-ring (bicyclic) bond motifs is 1. The number of aromatic nitrogens is 2. The van der Waals surface area contributed by atoms with Crippen LogP contribution < -0.4 is 4.74 Å². The van der Waals surface area contributed by atoms with Crippen molar-refractivity contribution in [2.75, 3.05) is 0 Å². The second-order valence-corrected chi connectivity index (χ2v) is 7.77. The number of carbonyl (C=O) groups is 1. The van der Waals surface area contributed by atoms with Gasteiger partial charge in [-0.1, -0.05) is 19.4 Å². The predicted octanol–water partition coefficient (Wildman–Crippen LogP) is 3.52. The van der Waals surface area contributed by atoms with Crippen LogP contribution in [0.4, 0.5) is 0 Å². The van der Waals surface area contributed by atoms with E-state index in [1.165, 1.54) is 0 Å². The Morgan fingerprint density at radius 3 is 2.80 bits per heavy atom. The van der Waals surface area contributed by atoms with Crippen molar-refractivity contribution in [3.63, 3.8) is 0 Å². The second kappa shape index (κ2) is 10.3. The van der Waals surface area contributed by atoms with E-state index in [4.69, 9.17) is 4.74 Å². The van der Waals surface area contributed by atoms with Crippen LogP contribution in [0.1, 0.15) is 44.6 Å². The fourth-order valence-corrected chi connectivity index (χ4v) is 3.55. The lowest BCUT2D eigenvalue weighted by molar-refractivity contribution is -0.121. The van der Waals surface area contributed by atoms with Gasteiger partial charge in [-0.05, 0) is 43.0 Å². The maximum atomic E-state index is 12.2. The van der Waals surface area contributed by atoms with Crippen LogP contribution >= 0.6 is 0 Å². The van der Waals surface area contributed by atoms with Gasteiger partial charge in [-0.3, -0.25) is 4.79 Å². The maximum Gasteiger partial charge on any atom is 0.165 e. The van der Waals surface area contributed by atoms with Crippen molar-refractivity contribution >= 4 is 16.7 Å². The summed E-state index contributed by atoms with van der Waals surface area (Å²) in [6.45, 7) is 2.22. The fraction of sp³-hybridized carbons (Fsp3) is 0.435. The summed E-state index contributed by atoms with van der Waals surface area (Å²) in [6.07, 6.45) is 6.89. The van der Waals surface area contributed by atoms with Crippen molar-refractivity contribution < 1.29 is 24.9 Å². The number of ketones is 1. The van der Waals surface area contributed by atoms with Gasteiger partial charge in [0.05, 0.1) is 17.7 Å². The van der Waals surface area contributed by atoms with E-state index in [2.05, 4.69) is 4.98 Å². The molecule has 162 valence electrons. The second-order valence-electron chi connectivity index (χ2n) is 7.77. The van der Waals surface area contributed by atoms with Crippen LogP contribution in [-0.2, 0) is 17.9 Å². The number of phenols is 1. The molecule has 30 heavy (non-hydrogen) atoms. The van der Waals surface area contributed by atoms with Crippen molar-refractivity contribution in [2.45, 2.75) is 64.4 Å². The highest BCUT2D eigenvalue weighted by molar-refractivity contribution is 5.79. The number of aliphatic hydroxyl groups is 2. The minimum Gasteiger partial charge on any atom is -0.504 e. The summed E-state index contributed by atoms with van der Waals surface area (Å²) in [6, 6.07) is 7.03.